The van der Waals surface area contributed by atoms with Crippen LogP contribution in [0.2, 0.25) is 0 Å². The van der Waals surface area contributed by atoms with Gasteiger partial charge >= 0.3 is 0 Å². The Hall–Kier alpha value is -1.33. The summed E-state index contributed by atoms with van der Waals surface area (Å²) in [4.78, 5) is 11.0. The molecule has 3 nitrogen and oxygen atoms in total. The molecule has 1 aliphatic heterocycles. The maximum absolute atomic E-state index is 4.21. The predicted octanol–water partition coefficient (Wildman–Crippen LogP) is 4.09. The maximum atomic E-state index is 4.21. The zero-order valence-corrected chi connectivity index (χ0v) is 12.4. The highest BCUT2D eigenvalue weighted by Crippen LogP contribution is 2.42. The van der Waals surface area contributed by atoms with Gasteiger partial charge in [0.1, 0.15) is 0 Å². The van der Waals surface area contributed by atoms with E-state index in [4.69, 9.17) is 0 Å². The van der Waals surface area contributed by atoms with Crippen LogP contribution in [0.5, 0.6) is 0 Å². The predicted molar refractivity (Wildman–Crippen MR) is 85.6 cm³/mol. The normalized spacial score (nSPS) is 18.5. The lowest BCUT2D eigenvalue weighted by molar-refractivity contribution is 0.439. The standard InChI is InChI=1S/C14H15N3S2/c1-3-17-9-18-19-14(10(17)2)6-11-7-16-13-4-5-15-8-12(11)13/h4-8,16H,2-3,9H2,1H3/b14-6-. The molecule has 3 heterocycles. The summed E-state index contributed by atoms with van der Waals surface area (Å²) in [7, 11) is 3.65. The van der Waals surface area contributed by atoms with E-state index in [0.717, 1.165) is 29.0 Å². The summed E-state index contributed by atoms with van der Waals surface area (Å²) in [5, 5.41) is 1.15. The van der Waals surface area contributed by atoms with E-state index < -0.39 is 0 Å². The first-order chi connectivity index (χ1) is 9.29. The zero-order chi connectivity index (χ0) is 13.2. The smallest absolute Gasteiger partial charge is 0.0745 e. The summed E-state index contributed by atoms with van der Waals surface area (Å²) in [6.45, 7) is 7.37. The number of fused-ring (bicyclic) bond motifs is 1. The summed E-state index contributed by atoms with van der Waals surface area (Å²) in [5.41, 5.74) is 3.41. The molecule has 0 amide bonds. The minimum atomic E-state index is 0.999. The van der Waals surface area contributed by atoms with Gasteiger partial charge in [0, 0.05) is 52.2 Å². The van der Waals surface area contributed by atoms with Gasteiger partial charge in [-0.15, -0.1) is 0 Å². The first kappa shape index (κ1) is 12.7. The van der Waals surface area contributed by atoms with Gasteiger partial charge in [0.2, 0.25) is 0 Å². The molecule has 3 rings (SSSR count). The van der Waals surface area contributed by atoms with Crippen molar-refractivity contribution in [2.75, 3.05) is 12.4 Å². The van der Waals surface area contributed by atoms with Crippen molar-refractivity contribution in [3.63, 3.8) is 0 Å². The molecule has 0 radical (unpaired) electrons. The number of hydrogen-bond acceptors (Lipinski definition) is 4. The molecule has 5 heteroatoms. The van der Waals surface area contributed by atoms with E-state index in [0.29, 0.717) is 0 Å². The van der Waals surface area contributed by atoms with Crippen LogP contribution in [0, 0.1) is 0 Å². The molecule has 0 aromatic carbocycles. The fourth-order valence-corrected chi connectivity index (χ4v) is 4.47. The zero-order valence-electron chi connectivity index (χ0n) is 10.7. The second-order valence-corrected chi connectivity index (χ2v) is 6.61. The lowest BCUT2D eigenvalue weighted by Crippen LogP contribution is -2.24. The summed E-state index contributed by atoms with van der Waals surface area (Å²) < 4.78 is 0. The number of hydrogen-bond donors (Lipinski definition) is 1. The maximum Gasteiger partial charge on any atom is 0.0745 e. The van der Waals surface area contributed by atoms with Gasteiger partial charge in [0.25, 0.3) is 0 Å². The van der Waals surface area contributed by atoms with E-state index in [1.54, 1.807) is 17.0 Å². The number of H-pyrrole nitrogens is 1. The largest absolute Gasteiger partial charge is 0.361 e. The van der Waals surface area contributed by atoms with E-state index >= 15 is 0 Å². The highest BCUT2D eigenvalue weighted by Gasteiger charge is 2.18. The topological polar surface area (TPSA) is 31.9 Å². The van der Waals surface area contributed by atoms with Crippen LogP contribution in [0.15, 0.2) is 41.8 Å². The molecule has 2 aromatic rings. The van der Waals surface area contributed by atoms with Crippen LogP contribution in [0.3, 0.4) is 0 Å². The van der Waals surface area contributed by atoms with Crippen molar-refractivity contribution in [2.24, 2.45) is 0 Å². The molecule has 0 bridgehead atoms. The number of aromatic nitrogens is 2. The Bertz CT molecular complexity index is 645. The third kappa shape index (κ3) is 2.40. The molecule has 1 aliphatic rings. The Morgan fingerprint density at radius 3 is 3.32 bits per heavy atom. The van der Waals surface area contributed by atoms with Gasteiger partial charge in [0.15, 0.2) is 0 Å². The van der Waals surface area contributed by atoms with Crippen molar-refractivity contribution in [1.29, 1.82) is 0 Å². The Balaban J connectivity index is 1.98. The molecule has 19 heavy (non-hydrogen) atoms. The van der Waals surface area contributed by atoms with Crippen LogP contribution in [-0.4, -0.2) is 27.3 Å². The summed E-state index contributed by atoms with van der Waals surface area (Å²) in [5.74, 6) is 1.01. The molecular weight excluding hydrogens is 274 g/mol. The van der Waals surface area contributed by atoms with Gasteiger partial charge in [-0.2, -0.15) is 0 Å². The SMILES string of the molecule is C=C1/C(=C/c2c[nH]c3ccncc23)SSCN1CC. The van der Waals surface area contributed by atoms with Gasteiger partial charge in [-0.1, -0.05) is 28.2 Å². The number of pyridine rings is 1. The molecule has 0 unspecified atom stereocenters. The number of aromatic amines is 1. The summed E-state index contributed by atoms with van der Waals surface area (Å²) >= 11 is 0. The van der Waals surface area contributed by atoms with Crippen molar-refractivity contribution in [3.8, 4) is 0 Å². The minimum Gasteiger partial charge on any atom is -0.361 e. The lowest BCUT2D eigenvalue weighted by atomic mass is 10.2. The van der Waals surface area contributed by atoms with Crippen LogP contribution >= 0.6 is 21.6 Å². The lowest BCUT2D eigenvalue weighted by Gasteiger charge is -2.30. The Morgan fingerprint density at radius 1 is 1.58 bits per heavy atom. The summed E-state index contributed by atoms with van der Waals surface area (Å²) in [6.07, 6.45) is 7.93. The van der Waals surface area contributed by atoms with Crippen molar-refractivity contribution in [3.05, 3.63) is 47.4 Å². The van der Waals surface area contributed by atoms with Crippen LogP contribution in [0.4, 0.5) is 0 Å². The van der Waals surface area contributed by atoms with E-state index in [1.807, 2.05) is 29.3 Å². The molecule has 0 saturated carbocycles. The second-order valence-electron chi connectivity index (χ2n) is 4.31. The number of rotatable bonds is 2. The Morgan fingerprint density at radius 2 is 2.47 bits per heavy atom. The van der Waals surface area contributed by atoms with E-state index in [2.05, 4.69) is 34.4 Å². The first-order valence-electron chi connectivity index (χ1n) is 6.16. The molecule has 1 fully saturated rings. The average molecular weight is 289 g/mol. The van der Waals surface area contributed by atoms with Gasteiger partial charge < -0.3 is 9.88 Å². The summed E-state index contributed by atoms with van der Waals surface area (Å²) in [6, 6.07) is 1.99. The molecule has 0 atom stereocenters. The van der Waals surface area contributed by atoms with Crippen LogP contribution in [-0.2, 0) is 0 Å². The molecular formula is C14H15N3S2. The molecule has 2 aromatic heterocycles. The van der Waals surface area contributed by atoms with Crippen LogP contribution < -0.4 is 0 Å². The highest BCUT2D eigenvalue weighted by molar-refractivity contribution is 8.78. The van der Waals surface area contributed by atoms with Gasteiger partial charge in [-0.05, 0) is 19.1 Å². The highest BCUT2D eigenvalue weighted by atomic mass is 33.1. The molecule has 98 valence electrons. The van der Waals surface area contributed by atoms with Crippen molar-refractivity contribution in [2.45, 2.75) is 6.92 Å². The van der Waals surface area contributed by atoms with Crippen LogP contribution in [0.25, 0.3) is 17.0 Å². The minimum absolute atomic E-state index is 0.999. The van der Waals surface area contributed by atoms with Crippen molar-refractivity contribution >= 4 is 38.6 Å². The van der Waals surface area contributed by atoms with E-state index in [9.17, 15) is 0 Å². The van der Waals surface area contributed by atoms with E-state index in [1.165, 1.54) is 10.5 Å². The molecule has 1 saturated heterocycles. The van der Waals surface area contributed by atoms with Crippen LogP contribution in [0.1, 0.15) is 12.5 Å². The second kappa shape index (κ2) is 5.35. The quantitative estimate of drug-likeness (QED) is 0.844. The Kier molecular flexibility index (Phi) is 3.57. The van der Waals surface area contributed by atoms with Gasteiger partial charge in [-0.3, -0.25) is 4.98 Å². The first-order valence-corrected chi connectivity index (χ1v) is 8.48. The van der Waals surface area contributed by atoms with Crippen molar-refractivity contribution < 1.29 is 0 Å². The van der Waals surface area contributed by atoms with Gasteiger partial charge in [0.05, 0.1) is 5.88 Å². The van der Waals surface area contributed by atoms with Gasteiger partial charge in [-0.25, -0.2) is 0 Å². The van der Waals surface area contributed by atoms with Crippen molar-refractivity contribution in [1.82, 2.24) is 14.9 Å². The average Bonchev–Trinajstić information content (AvgIpc) is 2.85. The third-order valence-corrected chi connectivity index (χ3v) is 5.48. The molecule has 1 N–H and O–H groups in total. The monoisotopic (exact) mass is 289 g/mol. The van der Waals surface area contributed by atoms with E-state index in [-0.39, 0.29) is 0 Å². The molecule has 0 aliphatic carbocycles. The number of nitrogens with one attached hydrogen (secondary N) is 1. The third-order valence-electron chi connectivity index (χ3n) is 3.21. The number of nitrogens with zero attached hydrogens (tertiary/aromatic N) is 2. The molecule has 0 spiro atoms. The Labute approximate surface area is 120 Å². The fraction of sp³-hybridized carbons (Fsp3) is 0.214. The fourth-order valence-electron chi connectivity index (χ4n) is 2.07. The number of likely N-dealkylation sites (N-methyl/N-ethyl adjacent to an activating group) is 1.